The van der Waals surface area contributed by atoms with E-state index in [4.69, 9.17) is 0 Å². The van der Waals surface area contributed by atoms with Crippen molar-refractivity contribution in [3.05, 3.63) is 28.8 Å². The number of nitrogens with zero attached hydrogens (tertiary/aromatic N) is 3. The average molecular weight is 270 g/mol. The quantitative estimate of drug-likeness (QED) is 0.739. The maximum absolute atomic E-state index is 12.4. The lowest BCUT2D eigenvalue weighted by Gasteiger charge is -2.02. The van der Waals surface area contributed by atoms with Gasteiger partial charge in [0.15, 0.2) is 5.65 Å². The lowest BCUT2D eigenvalue weighted by Crippen LogP contribution is -2.10. The van der Waals surface area contributed by atoms with Crippen molar-refractivity contribution < 1.29 is 13.2 Å². The van der Waals surface area contributed by atoms with Gasteiger partial charge in [0, 0.05) is 10.9 Å². The van der Waals surface area contributed by atoms with Crippen LogP contribution in [0.1, 0.15) is 5.82 Å². The van der Waals surface area contributed by atoms with E-state index in [1.807, 2.05) is 16.8 Å². The highest BCUT2D eigenvalue weighted by atomic mass is 32.1. The van der Waals surface area contributed by atoms with Crippen LogP contribution >= 0.6 is 11.3 Å². The number of aromatic amines is 1. The molecule has 0 fully saturated rings. The lowest BCUT2D eigenvalue weighted by atomic mass is 10.3. The summed E-state index contributed by atoms with van der Waals surface area (Å²) in [6.45, 7) is 0. The Bertz CT molecular complexity index is 687. The average Bonchev–Trinajstić information content (AvgIpc) is 2.95. The zero-order valence-corrected chi connectivity index (χ0v) is 9.51. The van der Waals surface area contributed by atoms with E-state index in [1.54, 1.807) is 0 Å². The van der Waals surface area contributed by atoms with Gasteiger partial charge in [0.25, 0.3) is 0 Å². The van der Waals surface area contributed by atoms with Crippen LogP contribution in [0.5, 0.6) is 0 Å². The molecule has 0 amide bonds. The van der Waals surface area contributed by atoms with Gasteiger partial charge in [0.05, 0.1) is 6.20 Å². The zero-order valence-electron chi connectivity index (χ0n) is 8.69. The smallest absolute Gasteiger partial charge is 0.335 e. The number of H-pyrrole nitrogens is 1. The molecular formula is C10H5F3N4S. The molecule has 0 bridgehead atoms. The van der Waals surface area contributed by atoms with E-state index < -0.39 is 12.0 Å². The predicted molar refractivity (Wildman–Crippen MR) is 60.0 cm³/mol. The second-order valence-corrected chi connectivity index (χ2v) is 4.31. The molecule has 3 aromatic rings. The first kappa shape index (κ1) is 11.1. The number of hydrogen-bond acceptors (Lipinski definition) is 4. The van der Waals surface area contributed by atoms with Crippen molar-refractivity contribution in [3.8, 4) is 11.4 Å². The van der Waals surface area contributed by atoms with Crippen molar-refractivity contribution in [2.45, 2.75) is 6.18 Å². The summed E-state index contributed by atoms with van der Waals surface area (Å²) in [7, 11) is 0. The third-order valence-corrected chi connectivity index (χ3v) is 2.97. The molecule has 3 rings (SSSR count). The summed E-state index contributed by atoms with van der Waals surface area (Å²) in [5, 5.41) is 3.70. The summed E-state index contributed by atoms with van der Waals surface area (Å²) in [4.78, 5) is 13.6. The maximum atomic E-state index is 12.4. The van der Waals surface area contributed by atoms with Gasteiger partial charge in [-0.25, -0.2) is 15.0 Å². The van der Waals surface area contributed by atoms with Crippen molar-refractivity contribution in [2.75, 3.05) is 0 Å². The molecule has 92 valence electrons. The van der Waals surface area contributed by atoms with Gasteiger partial charge < -0.3 is 4.98 Å². The van der Waals surface area contributed by atoms with E-state index in [-0.39, 0.29) is 5.65 Å². The molecule has 0 saturated carbocycles. The Morgan fingerprint density at radius 1 is 1.22 bits per heavy atom. The molecule has 3 aromatic heterocycles. The number of alkyl halides is 3. The highest BCUT2D eigenvalue weighted by Crippen LogP contribution is 2.27. The molecule has 0 unspecified atom stereocenters. The van der Waals surface area contributed by atoms with E-state index in [0.717, 1.165) is 11.8 Å². The molecule has 0 radical (unpaired) electrons. The van der Waals surface area contributed by atoms with Crippen LogP contribution in [0.2, 0.25) is 0 Å². The Labute approximate surface area is 103 Å². The SMILES string of the molecule is FC(F)(F)c1ncc2[nH]c(-c3ccsc3)nc2n1. The summed E-state index contributed by atoms with van der Waals surface area (Å²) >= 11 is 1.48. The third kappa shape index (κ3) is 1.84. The first-order valence-corrected chi connectivity index (χ1v) is 5.81. The Hall–Kier alpha value is -1.96. The largest absolute Gasteiger partial charge is 0.451 e. The van der Waals surface area contributed by atoms with Gasteiger partial charge in [-0.15, -0.1) is 0 Å². The molecule has 8 heteroatoms. The monoisotopic (exact) mass is 270 g/mol. The fourth-order valence-corrected chi connectivity index (χ4v) is 2.12. The molecule has 0 saturated heterocycles. The Morgan fingerprint density at radius 2 is 2.06 bits per heavy atom. The summed E-state index contributed by atoms with van der Waals surface area (Å²) in [5.74, 6) is -0.696. The fourth-order valence-electron chi connectivity index (χ4n) is 1.48. The molecular weight excluding hydrogens is 265 g/mol. The van der Waals surface area contributed by atoms with Gasteiger partial charge in [0.1, 0.15) is 11.3 Å². The zero-order chi connectivity index (χ0) is 12.8. The van der Waals surface area contributed by atoms with Crippen molar-refractivity contribution in [2.24, 2.45) is 0 Å². The second-order valence-electron chi connectivity index (χ2n) is 3.53. The minimum absolute atomic E-state index is 0.0125. The summed E-state index contributed by atoms with van der Waals surface area (Å²) in [6, 6.07) is 1.82. The van der Waals surface area contributed by atoms with Crippen LogP contribution in [-0.4, -0.2) is 19.9 Å². The van der Waals surface area contributed by atoms with Crippen molar-refractivity contribution >= 4 is 22.5 Å². The first-order valence-electron chi connectivity index (χ1n) is 4.86. The number of aromatic nitrogens is 4. The molecule has 3 heterocycles. The molecule has 0 aliphatic heterocycles. The van der Waals surface area contributed by atoms with Gasteiger partial charge in [-0.3, -0.25) is 0 Å². The highest BCUT2D eigenvalue weighted by molar-refractivity contribution is 7.08. The molecule has 4 nitrogen and oxygen atoms in total. The number of nitrogens with one attached hydrogen (secondary N) is 1. The predicted octanol–water partition coefficient (Wildman–Crippen LogP) is 3.10. The normalized spacial score (nSPS) is 12.2. The molecule has 18 heavy (non-hydrogen) atoms. The van der Waals surface area contributed by atoms with Crippen molar-refractivity contribution in [1.82, 2.24) is 19.9 Å². The second kappa shape index (κ2) is 3.77. The maximum Gasteiger partial charge on any atom is 0.451 e. The van der Waals surface area contributed by atoms with Gasteiger partial charge in [0.2, 0.25) is 5.82 Å². The Morgan fingerprint density at radius 3 is 2.72 bits per heavy atom. The Kier molecular flexibility index (Phi) is 2.34. The molecule has 0 aromatic carbocycles. The van der Waals surface area contributed by atoms with Gasteiger partial charge in [-0.2, -0.15) is 24.5 Å². The van der Waals surface area contributed by atoms with Crippen LogP contribution in [0, 0.1) is 0 Å². The topological polar surface area (TPSA) is 54.5 Å². The molecule has 0 spiro atoms. The first-order chi connectivity index (χ1) is 8.54. The van der Waals surface area contributed by atoms with Crippen LogP contribution < -0.4 is 0 Å². The number of rotatable bonds is 1. The number of hydrogen-bond donors (Lipinski definition) is 1. The number of thiophene rings is 1. The summed E-state index contributed by atoms with van der Waals surface area (Å²) in [6.07, 6.45) is -3.47. The van der Waals surface area contributed by atoms with Crippen LogP contribution in [0.4, 0.5) is 13.2 Å². The third-order valence-electron chi connectivity index (χ3n) is 2.29. The van der Waals surface area contributed by atoms with E-state index >= 15 is 0 Å². The van der Waals surface area contributed by atoms with Crippen LogP contribution in [0.15, 0.2) is 23.0 Å². The van der Waals surface area contributed by atoms with E-state index in [2.05, 4.69) is 19.9 Å². The Balaban J connectivity index is 2.13. The van der Waals surface area contributed by atoms with Crippen LogP contribution in [-0.2, 0) is 6.18 Å². The van der Waals surface area contributed by atoms with Crippen molar-refractivity contribution in [1.29, 1.82) is 0 Å². The van der Waals surface area contributed by atoms with Gasteiger partial charge in [-0.05, 0) is 11.4 Å². The number of halogens is 3. The fraction of sp³-hybridized carbons (Fsp3) is 0.100. The highest BCUT2D eigenvalue weighted by Gasteiger charge is 2.35. The number of imidazole rings is 1. The standard InChI is InChI=1S/C10H5F3N4S/c11-10(12,13)9-14-3-6-8(17-9)16-7(15-6)5-1-2-18-4-5/h1-4H,(H,14,15,16,17). The molecule has 0 aliphatic rings. The van der Waals surface area contributed by atoms with Crippen LogP contribution in [0.3, 0.4) is 0 Å². The summed E-state index contributed by atoms with van der Waals surface area (Å²) in [5.41, 5.74) is 1.20. The minimum Gasteiger partial charge on any atom is -0.335 e. The molecule has 0 atom stereocenters. The van der Waals surface area contributed by atoms with E-state index in [1.165, 1.54) is 11.3 Å². The number of fused-ring (bicyclic) bond motifs is 1. The van der Waals surface area contributed by atoms with Gasteiger partial charge >= 0.3 is 6.18 Å². The van der Waals surface area contributed by atoms with Crippen molar-refractivity contribution in [3.63, 3.8) is 0 Å². The van der Waals surface area contributed by atoms with Crippen LogP contribution in [0.25, 0.3) is 22.6 Å². The minimum atomic E-state index is -4.56. The molecule has 1 N–H and O–H groups in total. The van der Waals surface area contributed by atoms with E-state index in [9.17, 15) is 13.2 Å². The molecule has 0 aliphatic carbocycles. The lowest BCUT2D eigenvalue weighted by molar-refractivity contribution is -0.144. The summed E-state index contributed by atoms with van der Waals surface area (Å²) < 4.78 is 37.3. The van der Waals surface area contributed by atoms with Gasteiger partial charge in [-0.1, -0.05) is 0 Å². The van der Waals surface area contributed by atoms with E-state index in [0.29, 0.717) is 11.3 Å².